The third-order valence-corrected chi connectivity index (χ3v) is 10.3. The van der Waals surface area contributed by atoms with Gasteiger partial charge in [0.1, 0.15) is 5.75 Å². The second kappa shape index (κ2) is 8.68. The molecule has 0 aromatic heterocycles. The second-order valence-corrected chi connectivity index (χ2v) is 12.3. The first-order valence-electron chi connectivity index (χ1n) is 12.7. The van der Waals surface area contributed by atoms with Crippen molar-refractivity contribution in [3.05, 3.63) is 77.9 Å². The zero-order valence-electron chi connectivity index (χ0n) is 20.0. The minimum atomic E-state index is -3.56. The Hall–Kier alpha value is -2.83. The third kappa shape index (κ3) is 3.74. The monoisotopic (exact) mass is 488 g/mol. The zero-order valence-corrected chi connectivity index (χ0v) is 20.8. The van der Waals surface area contributed by atoms with Gasteiger partial charge in [-0.15, -0.1) is 0 Å². The highest BCUT2D eigenvalue weighted by Crippen LogP contribution is 2.52. The van der Waals surface area contributed by atoms with E-state index < -0.39 is 10.0 Å². The van der Waals surface area contributed by atoms with Crippen LogP contribution in [0.15, 0.2) is 71.6 Å². The lowest BCUT2D eigenvalue weighted by Gasteiger charge is -2.38. The summed E-state index contributed by atoms with van der Waals surface area (Å²) in [4.78, 5) is 0.372. The van der Waals surface area contributed by atoms with Gasteiger partial charge in [-0.05, 0) is 65.8 Å². The van der Waals surface area contributed by atoms with E-state index in [2.05, 4.69) is 29.6 Å². The van der Waals surface area contributed by atoms with E-state index in [-0.39, 0.29) is 23.9 Å². The molecule has 5 nitrogen and oxygen atoms in total. The fourth-order valence-corrected chi connectivity index (χ4v) is 7.89. The first-order valence-corrected chi connectivity index (χ1v) is 14.1. The number of anilines is 1. The number of fused-ring (bicyclic) bond motifs is 4. The number of aromatic hydroxyl groups is 1. The lowest BCUT2D eigenvalue weighted by atomic mass is 9.76. The highest BCUT2D eigenvalue weighted by molar-refractivity contribution is 7.89. The number of hydrogen-bond donors (Lipinski definition) is 2. The highest BCUT2D eigenvalue weighted by Gasteiger charge is 2.40. The summed E-state index contributed by atoms with van der Waals surface area (Å²) in [6.07, 6.45) is 10.5. The van der Waals surface area contributed by atoms with Crippen LogP contribution >= 0.6 is 0 Å². The van der Waals surface area contributed by atoms with Crippen LogP contribution < -0.4 is 5.32 Å². The van der Waals surface area contributed by atoms with Gasteiger partial charge in [0.2, 0.25) is 10.0 Å². The molecule has 0 radical (unpaired) electrons. The number of benzene rings is 3. The van der Waals surface area contributed by atoms with Crippen molar-refractivity contribution in [2.24, 2.45) is 5.92 Å². The van der Waals surface area contributed by atoms with Crippen LogP contribution in [-0.2, 0) is 10.0 Å². The van der Waals surface area contributed by atoms with Crippen molar-refractivity contribution in [1.82, 2.24) is 4.31 Å². The number of nitrogens with zero attached hydrogens (tertiary/aromatic N) is 1. The Kier molecular flexibility index (Phi) is 5.61. The molecule has 3 aromatic rings. The van der Waals surface area contributed by atoms with Crippen LogP contribution in [0.5, 0.6) is 5.75 Å². The minimum Gasteiger partial charge on any atom is -0.508 e. The second-order valence-electron chi connectivity index (χ2n) is 10.3. The Morgan fingerprint density at radius 3 is 2.63 bits per heavy atom. The van der Waals surface area contributed by atoms with Crippen LogP contribution in [0.4, 0.5) is 5.69 Å². The average Bonchev–Trinajstić information content (AvgIpc) is 3.39. The van der Waals surface area contributed by atoms with Crippen LogP contribution in [0, 0.1) is 5.92 Å². The standard InChI is InChI=1S/C29H32N2O3S/c1-31(20-9-3-2-4-10-20)35(33,34)21-15-16-26-25(18-21)23-12-7-13-24(23)29(30-26)28-22-11-6-5-8-19(22)14-17-27(28)32/h5-8,11-12,14-18,20,23-24,29-30,32H,2-4,9-10,13H2,1H3. The van der Waals surface area contributed by atoms with E-state index >= 15 is 0 Å². The van der Waals surface area contributed by atoms with Crippen LogP contribution in [0.2, 0.25) is 0 Å². The molecular weight excluding hydrogens is 456 g/mol. The molecule has 3 unspecified atom stereocenters. The van der Waals surface area contributed by atoms with Gasteiger partial charge in [-0.3, -0.25) is 0 Å². The zero-order chi connectivity index (χ0) is 24.2. The van der Waals surface area contributed by atoms with Gasteiger partial charge in [-0.1, -0.05) is 61.7 Å². The Bertz CT molecular complexity index is 1410. The summed E-state index contributed by atoms with van der Waals surface area (Å²) in [5, 5.41) is 16.7. The average molecular weight is 489 g/mol. The predicted octanol–water partition coefficient (Wildman–Crippen LogP) is 6.33. The topological polar surface area (TPSA) is 69.6 Å². The molecule has 1 heterocycles. The predicted molar refractivity (Wildman–Crippen MR) is 140 cm³/mol. The van der Waals surface area contributed by atoms with Crippen molar-refractivity contribution in [3.63, 3.8) is 0 Å². The fourth-order valence-electron chi connectivity index (χ4n) is 6.44. The molecule has 2 aliphatic carbocycles. The molecule has 0 bridgehead atoms. The summed E-state index contributed by atoms with van der Waals surface area (Å²) in [7, 11) is -1.82. The van der Waals surface area contributed by atoms with Crippen LogP contribution in [0.3, 0.4) is 0 Å². The molecule has 35 heavy (non-hydrogen) atoms. The summed E-state index contributed by atoms with van der Waals surface area (Å²) in [5.74, 6) is 0.599. The number of phenolic OH excluding ortho intramolecular Hbond substituents is 1. The summed E-state index contributed by atoms with van der Waals surface area (Å²) >= 11 is 0. The number of nitrogens with one attached hydrogen (secondary N) is 1. The van der Waals surface area contributed by atoms with Gasteiger partial charge in [-0.25, -0.2) is 8.42 Å². The minimum absolute atomic E-state index is 0.0685. The Morgan fingerprint density at radius 2 is 1.80 bits per heavy atom. The first kappa shape index (κ1) is 22.6. The van der Waals surface area contributed by atoms with E-state index in [1.54, 1.807) is 23.5 Å². The first-order chi connectivity index (χ1) is 16.9. The van der Waals surface area contributed by atoms with Crippen LogP contribution in [0.1, 0.15) is 61.6 Å². The Balaban J connectivity index is 1.39. The van der Waals surface area contributed by atoms with Crippen molar-refractivity contribution in [1.29, 1.82) is 0 Å². The lowest BCUT2D eigenvalue weighted by molar-refractivity contribution is 0.286. The van der Waals surface area contributed by atoms with Crippen molar-refractivity contribution in [2.75, 3.05) is 12.4 Å². The van der Waals surface area contributed by atoms with Gasteiger partial charge < -0.3 is 10.4 Å². The number of rotatable bonds is 4. The maximum absolute atomic E-state index is 13.5. The van der Waals surface area contributed by atoms with E-state index in [9.17, 15) is 13.5 Å². The molecule has 0 amide bonds. The van der Waals surface area contributed by atoms with E-state index in [4.69, 9.17) is 0 Å². The Morgan fingerprint density at radius 1 is 1.00 bits per heavy atom. The third-order valence-electron chi connectivity index (χ3n) is 8.36. The van der Waals surface area contributed by atoms with E-state index in [0.29, 0.717) is 10.6 Å². The number of phenols is 1. The van der Waals surface area contributed by atoms with E-state index in [1.807, 2.05) is 30.3 Å². The summed E-state index contributed by atoms with van der Waals surface area (Å²) in [6.45, 7) is 0. The number of allylic oxidation sites excluding steroid dienone is 2. The van der Waals surface area contributed by atoms with Gasteiger partial charge in [0.25, 0.3) is 0 Å². The number of hydrogen-bond acceptors (Lipinski definition) is 4. The fraction of sp³-hybridized carbons (Fsp3) is 0.379. The summed E-state index contributed by atoms with van der Waals surface area (Å²) < 4.78 is 28.7. The molecule has 6 heteroatoms. The maximum Gasteiger partial charge on any atom is 0.243 e. The van der Waals surface area contributed by atoms with E-state index in [1.165, 1.54) is 6.42 Å². The highest BCUT2D eigenvalue weighted by atomic mass is 32.2. The molecule has 3 aromatic carbocycles. The smallest absolute Gasteiger partial charge is 0.243 e. The maximum atomic E-state index is 13.5. The molecule has 182 valence electrons. The van der Waals surface area contributed by atoms with Gasteiger partial charge in [0, 0.05) is 30.3 Å². The molecule has 1 fully saturated rings. The molecule has 0 spiro atoms. The molecule has 1 saturated carbocycles. The number of sulfonamides is 1. The molecule has 1 aliphatic heterocycles. The van der Waals surface area contributed by atoms with Crippen LogP contribution in [-0.4, -0.2) is 30.9 Å². The molecule has 3 atom stereocenters. The van der Waals surface area contributed by atoms with Crippen molar-refractivity contribution >= 4 is 26.5 Å². The molecular formula is C29H32N2O3S. The molecule has 6 rings (SSSR count). The molecule has 0 saturated heterocycles. The van der Waals surface area contributed by atoms with Crippen molar-refractivity contribution < 1.29 is 13.5 Å². The SMILES string of the molecule is CN(C1CCCCC1)S(=O)(=O)c1ccc2c(c1)C1C=CCC1C(c1c(O)ccc3ccccc13)N2. The van der Waals surface area contributed by atoms with E-state index in [0.717, 1.165) is 59.7 Å². The van der Waals surface area contributed by atoms with Gasteiger partial charge in [0.15, 0.2) is 0 Å². The lowest BCUT2D eigenvalue weighted by Crippen LogP contribution is -2.38. The quantitative estimate of drug-likeness (QED) is 0.421. The van der Waals surface area contributed by atoms with Crippen LogP contribution in [0.25, 0.3) is 10.8 Å². The van der Waals surface area contributed by atoms with Crippen molar-refractivity contribution in [3.8, 4) is 5.75 Å². The Labute approximate surface area is 207 Å². The molecule has 3 aliphatic rings. The van der Waals surface area contributed by atoms with Gasteiger partial charge in [-0.2, -0.15) is 4.31 Å². The largest absolute Gasteiger partial charge is 0.508 e. The summed E-state index contributed by atoms with van der Waals surface area (Å²) in [6, 6.07) is 17.4. The van der Waals surface area contributed by atoms with Crippen molar-refractivity contribution in [2.45, 2.75) is 61.4 Å². The van der Waals surface area contributed by atoms with Gasteiger partial charge in [0.05, 0.1) is 10.9 Å². The molecule has 2 N–H and O–H groups in total. The normalized spacial score (nSPS) is 24.3. The van der Waals surface area contributed by atoms with Gasteiger partial charge >= 0.3 is 0 Å². The summed E-state index contributed by atoms with van der Waals surface area (Å²) in [5.41, 5.74) is 2.88.